The highest BCUT2D eigenvalue weighted by Gasteiger charge is 2.32. The molecule has 3 nitrogen and oxygen atoms in total. The minimum Gasteiger partial charge on any atom is -0.391 e. The number of anilines is 1. The lowest BCUT2D eigenvalue weighted by atomic mass is 10.0. The van der Waals surface area contributed by atoms with E-state index in [1.54, 1.807) is 18.2 Å². The summed E-state index contributed by atoms with van der Waals surface area (Å²) >= 11 is 0. The fourth-order valence-electron chi connectivity index (χ4n) is 2.86. The third kappa shape index (κ3) is 2.74. The number of hydrogen-bond acceptors (Lipinski definition) is 3. The second-order valence-corrected chi connectivity index (χ2v) is 5.27. The van der Waals surface area contributed by atoms with E-state index in [4.69, 9.17) is 5.26 Å². The van der Waals surface area contributed by atoms with E-state index in [-0.39, 0.29) is 11.9 Å². The van der Waals surface area contributed by atoms with Crippen molar-refractivity contribution >= 4 is 5.69 Å². The maximum Gasteiger partial charge on any atom is 0.123 e. The highest BCUT2D eigenvalue weighted by atomic mass is 19.1. The molecule has 0 bridgehead atoms. The van der Waals surface area contributed by atoms with Crippen LogP contribution in [0.2, 0.25) is 0 Å². The summed E-state index contributed by atoms with van der Waals surface area (Å²) in [5.74, 6) is -0.270. The number of aliphatic hydroxyl groups excluding tert-OH is 1. The van der Waals surface area contributed by atoms with Gasteiger partial charge >= 0.3 is 0 Å². The maximum atomic E-state index is 13.4. The number of nitrogens with zero attached hydrogens (tertiary/aromatic N) is 2. The van der Waals surface area contributed by atoms with E-state index in [1.807, 2.05) is 18.2 Å². The van der Waals surface area contributed by atoms with Crippen LogP contribution in [0, 0.1) is 17.1 Å². The minimum absolute atomic E-state index is 0.0522. The van der Waals surface area contributed by atoms with E-state index in [1.165, 1.54) is 12.1 Å². The molecule has 0 spiro atoms. The van der Waals surface area contributed by atoms with Gasteiger partial charge in [0.2, 0.25) is 0 Å². The zero-order valence-corrected chi connectivity index (χ0v) is 11.4. The van der Waals surface area contributed by atoms with Gasteiger partial charge < -0.3 is 10.0 Å². The average molecular weight is 282 g/mol. The molecule has 1 N–H and O–H groups in total. The van der Waals surface area contributed by atoms with E-state index >= 15 is 0 Å². The molecule has 0 aliphatic carbocycles. The summed E-state index contributed by atoms with van der Waals surface area (Å²) in [6.45, 7) is 0.507. The van der Waals surface area contributed by atoms with Crippen LogP contribution in [0.5, 0.6) is 0 Å². The molecule has 1 aliphatic rings. The monoisotopic (exact) mass is 282 g/mol. The van der Waals surface area contributed by atoms with Crippen molar-refractivity contribution in [3.05, 3.63) is 65.5 Å². The quantitative estimate of drug-likeness (QED) is 0.921. The molecular formula is C17H15FN2O. The summed E-state index contributed by atoms with van der Waals surface area (Å²) in [6.07, 6.45) is 0.137. The van der Waals surface area contributed by atoms with Gasteiger partial charge in [0, 0.05) is 12.2 Å². The fourth-order valence-corrected chi connectivity index (χ4v) is 2.86. The maximum absolute atomic E-state index is 13.4. The lowest BCUT2D eigenvalue weighted by Crippen LogP contribution is -2.24. The Hall–Kier alpha value is -2.38. The molecular weight excluding hydrogens is 267 g/mol. The van der Waals surface area contributed by atoms with Crippen LogP contribution in [-0.4, -0.2) is 17.8 Å². The lowest BCUT2D eigenvalue weighted by molar-refractivity contribution is 0.194. The molecule has 0 saturated carbocycles. The van der Waals surface area contributed by atoms with E-state index < -0.39 is 6.10 Å². The molecule has 0 unspecified atom stereocenters. The standard InChI is InChI=1S/C17H15FN2O/c18-14-3-1-2-13(8-14)17-9-16(21)11-20(17)15-6-4-12(10-19)5-7-15/h1-8,16-17,21H,9,11H2/t16-,17-/m0/s1. The van der Waals surface area contributed by atoms with Gasteiger partial charge in [0.15, 0.2) is 0 Å². The van der Waals surface area contributed by atoms with Crippen LogP contribution in [0.25, 0.3) is 0 Å². The van der Waals surface area contributed by atoms with Gasteiger partial charge in [0.25, 0.3) is 0 Å². The Morgan fingerprint density at radius 1 is 1.19 bits per heavy atom. The largest absolute Gasteiger partial charge is 0.391 e. The Bertz CT molecular complexity index is 678. The van der Waals surface area contributed by atoms with Crippen molar-refractivity contribution in [3.63, 3.8) is 0 Å². The first-order valence-corrected chi connectivity index (χ1v) is 6.87. The van der Waals surface area contributed by atoms with Crippen LogP contribution in [0.4, 0.5) is 10.1 Å². The highest BCUT2D eigenvalue weighted by Crippen LogP contribution is 2.36. The van der Waals surface area contributed by atoms with Crippen molar-refractivity contribution in [3.8, 4) is 6.07 Å². The number of nitriles is 1. The summed E-state index contributed by atoms with van der Waals surface area (Å²) < 4.78 is 13.4. The summed E-state index contributed by atoms with van der Waals surface area (Å²) in [5, 5.41) is 18.8. The van der Waals surface area contributed by atoms with Crippen LogP contribution in [0.15, 0.2) is 48.5 Å². The van der Waals surface area contributed by atoms with Gasteiger partial charge in [0.05, 0.1) is 23.8 Å². The molecule has 106 valence electrons. The van der Waals surface area contributed by atoms with Crippen LogP contribution in [0.3, 0.4) is 0 Å². The first-order chi connectivity index (χ1) is 10.2. The summed E-state index contributed by atoms with van der Waals surface area (Å²) in [7, 11) is 0. The smallest absolute Gasteiger partial charge is 0.123 e. The third-order valence-electron chi connectivity index (χ3n) is 3.84. The zero-order valence-electron chi connectivity index (χ0n) is 11.4. The highest BCUT2D eigenvalue weighted by molar-refractivity contribution is 5.53. The van der Waals surface area contributed by atoms with E-state index in [9.17, 15) is 9.50 Å². The molecule has 3 rings (SSSR count). The molecule has 4 heteroatoms. The molecule has 0 radical (unpaired) electrons. The molecule has 1 heterocycles. The Balaban J connectivity index is 1.93. The van der Waals surface area contributed by atoms with Crippen molar-refractivity contribution in [1.29, 1.82) is 5.26 Å². The van der Waals surface area contributed by atoms with Crippen LogP contribution in [0.1, 0.15) is 23.6 Å². The van der Waals surface area contributed by atoms with Crippen LogP contribution in [-0.2, 0) is 0 Å². The molecule has 1 aliphatic heterocycles. The van der Waals surface area contributed by atoms with Crippen molar-refractivity contribution < 1.29 is 9.50 Å². The molecule has 2 aromatic carbocycles. The number of hydrogen-bond donors (Lipinski definition) is 1. The van der Waals surface area contributed by atoms with Gasteiger partial charge in [-0.05, 0) is 48.4 Å². The second-order valence-electron chi connectivity index (χ2n) is 5.27. The molecule has 2 aromatic rings. The van der Waals surface area contributed by atoms with Crippen molar-refractivity contribution in [2.75, 3.05) is 11.4 Å². The average Bonchev–Trinajstić information content (AvgIpc) is 2.89. The van der Waals surface area contributed by atoms with Crippen LogP contribution < -0.4 is 4.90 Å². The Morgan fingerprint density at radius 3 is 2.62 bits per heavy atom. The van der Waals surface area contributed by atoms with Crippen molar-refractivity contribution in [2.24, 2.45) is 0 Å². The summed E-state index contributed by atoms with van der Waals surface area (Å²) in [6, 6.07) is 15.8. The van der Waals surface area contributed by atoms with Gasteiger partial charge in [-0.1, -0.05) is 12.1 Å². The van der Waals surface area contributed by atoms with E-state index in [0.29, 0.717) is 18.5 Å². The van der Waals surface area contributed by atoms with Gasteiger partial charge in [-0.2, -0.15) is 5.26 Å². The van der Waals surface area contributed by atoms with Crippen molar-refractivity contribution in [1.82, 2.24) is 0 Å². The zero-order chi connectivity index (χ0) is 14.8. The van der Waals surface area contributed by atoms with Gasteiger partial charge in [0.1, 0.15) is 5.82 Å². The molecule has 0 aromatic heterocycles. The fraction of sp³-hybridized carbons (Fsp3) is 0.235. The van der Waals surface area contributed by atoms with Crippen LogP contribution >= 0.6 is 0 Å². The first kappa shape index (κ1) is 13.6. The predicted molar refractivity (Wildman–Crippen MR) is 78.3 cm³/mol. The molecule has 21 heavy (non-hydrogen) atoms. The van der Waals surface area contributed by atoms with Crippen molar-refractivity contribution in [2.45, 2.75) is 18.6 Å². The lowest BCUT2D eigenvalue weighted by Gasteiger charge is -2.27. The van der Waals surface area contributed by atoms with E-state index in [0.717, 1.165) is 11.3 Å². The molecule has 2 atom stereocenters. The molecule has 1 fully saturated rings. The number of halogens is 1. The predicted octanol–water partition coefficient (Wildman–Crippen LogP) is 3.01. The SMILES string of the molecule is N#Cc1ccc(N2C[C@@H](O)C[C@H]2c2cccc(F)c2)cc1. The number of benzene rings is 2. The first-order valence-electron chi connectivity index (χ1n) is 6.87. The Labute approximate surface area is 122 Å². The molecule has 1 saturated heterocycles. The summed E-state index contributed by atoms with van der Waals surface area (Å²) in [5.41, 5.74) is 2.39. The topological polar surface area (TPSA) is 47.3 Å². The summed E-state index contributed by atoms with van der Waals surface area (Å²) in [4.78, 5) is 2.06. The second kappa shape index (κ2) is 5.55. The normalized spacial score (nSPS) is 21.3. The van der Waals surface area contributed by atoms with Gasteiger partial charge in [-0.15, -0.1) is 0 Å². The van der Waals surface area contributed by atoms with E-state index in [2.05, 4.69) is 11.0 Å². The third-order valence-corrected chi connectivity index (χ3v) is 3.84. The Morgan fingerprint density at radius 2 is 1.95 bits per heavy atom. The number of β-amino-alcohol motifs (C(OH)–C–C–N with tert-alkyl or cyclic N) is 1. The van der Waals surface area contributed by atoms with Gasteiger partial charge in [-0.25, -0.2) is 4.39 Å². The Kier molecular flexibility index (Phi) is 3.59. The molecule has 0 amide bonds. The minimum atomic E-state index is -0.436. The number of rotatable bonds is 2. The van der Waals surface area contributed by atoms with Gasteiger partial charge in [-0.3, -0.25) is 0 Å². The number of aliphatic hydroxyl groups is 1.